The van der Waals surface area contributed by atoms with Gasteiger partial charge in [-0.3, -0.25) is 4.79 Å². The van der Waals surface area contributed by atoms with E-state index in [-0.39, 0.29) is 29.9 Å². The average Bonchev–Trinajstić information content (AvgIpc) is 2.70. The molecule has 156 valence electrons. The lowest BCUT2D eigenvalue weighted by molar-refractivity contribution is -0.120. The molecule has 2 atom stereocenters. The van der Waals surface area contributed by atoms with Gasteiger partial charge in [-0.1, -0.05) is 30.7 Å². The van der Waals surface area contributed by atoms with Gasteiger partial charge in [-0.25, -0.2) is 8.42 Å². The molecule has 1 aliphatic heterocycles. The predicted octanol–water partition coefficient (Wildman–Crippen LogP) is 3.24. The molecule has 6 nitrogen and oxygen atoms in total. The zero-order chi connectivity index (χ0) is 21.0. The van der Waals surface area contributed by atoms with Gasteiger partial charge in [-0.05, 0) is 54.8 Å². The lowest BCUT2D eigenvalue weighted by Crippen LogP contribution is -2.48. The predicted molar refractivity (Wildman–Crippen MR) is 112 cm³/mol. The summed E-state index contributed by atoms with van der Waals surface area (Å²) in [5.41, 5.74) is 6.49. The van der Waals surface area contributed by atoms with Crippen molar-refractivity contribution >= 4 is 27.5 Å². The Hall–Kier alpha value is -2.09. The van der Waals surface area contributed by atoms with Crippen LogP contribution in [0.1, 0.15) is 25.3 Å². The van der Waals surface area contributed by atoms with Crippen molar-refractivity contribution in [2.45, 2.75) is 37.2 Å². The second-order valence-corrected chi connectivity index (χ2v) is 9.56. The van der Waals surface area contributed by atoms with Crippen molar-refractivity contribution in [2.24, 2.45) is 11.7 Å². The molecule has 29 heavy (non-hydrogen) atoms. The fraction of sp³-hybridized carbons (Fsp3) is 0.381. The van der Waals surface area contributed by atoms with Crippen molar-refractivity contribution in [3.05, 3.63) is 59.1 Å². The first-order valence-electron chi connectivity index (χ1n) is 9.59. The van der Waals surface area contributed by atoms with Crippen LogP contribution in [0.3, 0.4) is 0 Å². The highest BCUT2D eigenvalue weighted by Crippen LogP contribution is 2.29. The van der Waals surface area contributed by atoms with Crippen molar-refractivity contribution in [1.29, 1.82) is 0 Å². The van der Waals surface area contributed by atoms with Gasteiger partial charge in [0.25, 0.3) is 0 Å². The number of carbonyl (C=O) groups excluding carboxylic acids is 1. The number of aryl methyl sites for hydroxylation is 1. The Kier molecular flexibility index (Phi) is 6.82. The van der Waals surface area contributed by atoms with Gasteiger partial charge in [0.1, 0.15) is 11.9 Å². The van der Waals surface area contributed by atoms with Crippen LogP contribution in [0.25, 0.3) is 0 Å². The molecule has 2 aromatic carbocycles. The molecule has 8 heteroatoms. The molecule has 1 fully saturated rings. The molecule has 1 amide bonds. The molecule has 2 aromatic rings. The summed E-state index contributed by atoms with van der Waals surface area (Å²) < 4.78 is 33.6. The van der Waals surface area contributed by atoms with Gasteiger partial charge < -0.3 is 10.5 Å². The Balaban J connectivity index is 1.77. The van der Waals surface area contributed by atoms with E-state index >= 15 is 0 Å². The quantitative estimate of drug-likeness (QED) is 0.721. The van der Waals surface area contributed by atoms with Gasteiger partial charge in [0.05, 0.1) is 4.90 Å². The molecule has 0 bridgehead atoms. The van der Waals surface area contributed by atoms with Gasteiger partial charge in [-0.15, -0.1) is 0 Å². The topological polar surface area (TPSA) is 89.7 Å². The number of piperidine rings is 1. The molecule has 1 saturated heterocycles. The van der Waals surface area contributed by atoms with E-state index in [1.807, 2.05) is 19.1 Å². The van der Waals surface area contributed by atoms with E-state index in [4.69, 9.17) is 22.1 Å². The van der Waals surface area contributed by atoms with E-state index in [1.54, 1.807) is 36.4 Å². The minimum Gasteiger partial charge on any atom is -0.490 e. The van der Waals surface area contributed by atoms with Crippen molar-refractivity contribution < 1.29 is 17.9 Å². The lowest BCUT2D eigenvalue weighted by atomic mass is 9.92. The second kappa shape index (κ2) is 9.15. The van der Waals surface area contributed by atoms with Crippen LogP contribution in [0.2, 0.25) is 5.02 Å². The van der Waals surface area contributed by atoms with E-state index in [9.17, 15) is 13.2 Å². The van der Waals surface area contributed by atoms with Crippen LogP contribution < -0.4 is 10.5 Å². The molecular weight excluding hydrogens is 412 g/mol. The van der Waals surface area contributed by atoms with Gasteiger partial charge in [0.15, 0.2) is 0 Å². The number of halogens is 1. The lowest BCUT2D eigenvalue weighted by Gasteiger charge is -2.37. The Labute approximate surface area is 176 Å². The fourth-order valence-corrected chi connectivity index (χ4v) is 5.18. The highest BCUT2D eigenvalue weighted by atomic mass is 35.5. The molecule has 1 heterocycles. The largest absolute Gasteiger partial charge is 0.490 e. The van der Waals surface area contributed by atoms with Crippen LogP contribution in [0.15, 0.2) is 53.4 Å². The zero-order valence-electron chi connectivity index (χ0n) is 16.3. The van der Waals surface area contributed by atoms with Crippen molar-refractivity contribution in [3.63, 3.8) is 0 Å². The summed E-state index contributed by atoms with van der Waals surface area (Å²) in [4.78, 5) is 11.8. The average molecular weight is 437 g/mol. The Morgan fingerprint density at radius 2 is 1.83 bits per heavy atom. The number of rotatable bonds is 7. The molecule has 1 aliphatic rings. The minimum absolute atomic E-state index is 0.0546. The van der Waals surface area contributed by atoms with Gasteiger partial charge in [0.2, 0.25) is 15.9 Å². The van der Waals surface area contributed by atoms with E-state index in [0.717, 1.165) is 12.0 Å². The van der Waals surface area contributed by atoms with Crippen LogP contribution in [-0.4, -0.2) is 37.8 Å². The smallest absolute Gasteiger partial charge is 0.243 e. The van der Waals surface area contributed by atoms with E-state index in [2.05, 4.69) is 0 Å². The molecule has 0 unspecified atom stereocenters. The Morgan fingerprint density at radius 3 is 2.41 bits per heavy atom. The zero-order valence-corrected chi connectivity index (χ0v) is 17.8. The number of amides is 1. The van der Waals surface area contributed by atoms with Crippen LogP contribution in [0, 0.1) is 5.92 Å². The summed E-state index contributed by atoms with van der Waals surface area (Å²) in [5.74, 6) is -0.187. The summed E-state index contributed by atoms with van der Waals surface area (Å²) in [6.07, 6.45) is 1.05. The Morgan fingerprint density at radius 1 is 1.17 bits per heavy atom. The highest BCUT2D eigenvalue weighted by Gasteiger charge is 2.37. The van der Waals surface area contributed by atoms with E-state index < -0.39 is 15.9 Å². The van der Waals surface area contributed by atoms with Crippen molar-refractivity contribution in [3.8, 4) is 5.75 Å². The standard InChI is InChI=1S/C21H25ClN2O4S/c1-2-15-3-9-19(10-4-15)29(26,27)24-12-11-20(16(14-24)13-21(23)25)28-18-7-5-17(22)6-8-18/h3-10,16,20H,2,11-14H2,1H3,(H2,23,25)/t16-,20-/m0/s1. The van der Waals surface area contributed by atoms with E-state index in [1.165, 1.54) is 4.31 Å². The molecule has 0 aromatic heterocycles. The number of nitrogens with zero attached hydrogens (tertiary/aromatic N) is 1. The fourth-order valence-electron chi connectivity index (χ4n) is 3.54. The van der Waals surface area contributed by atoms with Gasteiger partial charge >= 0.3 is 0 Å². The number of ether oxygens (including phenoxy) is 1. The molecular formula is C21H25ClN2O4S. The third-order valence-corrected chi connectivity index (χ3v) is 7.29. The number of hydrogen-bond donors (Lipinski definition) is 1. The number of carbonyl (C=O) groups is 1. The molecule has 0 spiro atoms. The summed E-state index contributed by atoms with van der Waals surface area (Å²) in [5, 5.41) is 0.598. The third kappa shape index (κ3) is 5.29. The summed E-state index contributed by atoms with van der Waals surface area (Å²) in [6, 6.07) is 13.9. The first-order valence-corrected chi connectivity index (χ1v) is 11.4. The molecule has 0 radical (unpaired) electrons. The van der Waals surface area contributed by atoms with Crippen molar-refractivity contribution in [2.75, 3.05) is 13.1 Å². The Bertz CT molecular complexity index is 946. The summed E-state index contributed by atoms with van der Waals surface area (Å²) in [6.45, 7) is 2.51. The number of nitrogens with two attached hydrogens (primary N) is 1. The van der Waals surface area contributed by atoms with E-state index in [0.29, 0.717) is 23.7 Å². The first kappa shape index (κ1) is 21.6. The van der Waals surface area contributed by atoms with Crippen LogP contribution >= 0.6 is 11.6 Å². The van der Waals surface area contributed by atoms with Crippen molar-refractivity contribution in [1.82, 2.24) is 4.31 Å². The molecule has 3 rings (SSSR count). The maximum atomic E-state index is 13.1. The maximum absolute atomic E-state index is 13.1. The summed E-state index contributed by atoms with van der Waals surface area (Å²) in [7, 11) is -3.65. The second-order valence-electron chi connectivity index (χ2n) is 7.19. The number of benzene rings is 2. The number of hydrogen-bond acceptors (Lipinski definition) is 4. The van der Waals surface area contributed by atoms with Crippen LogP contribution in [0.4, 0.5) is 0 Å². The molecule has 0 saturated carbocycles. The van der Waals surface area contributed by atoms with Gasteiger partial charge in [-0.2, -0.15) is 4.31 Å². The molecule has 0 aliphatic carbocycles. The maximum Gasteiger partial charge on any atom is 0.243 e. The third-order valence-electron chi connectivity index (χ3n) is 5.16. The first-order chi connectivity index (χ1) is 13.8. The highest BCUT2D eigenvalue weighted by molar-refractivity contribution is 7.89. The minimum atomic E-state index is -3.65. The summed E-state index contributed by atoms with van der Waals surface area (Å²) >= 11 is 5.91. The molecule has 2 N–H and O–H groups in total. The van der Waals surface area contributed by atoms with Crippen LogP contribution in [0.5, 0.6) is 5.75 Å². The number of primary amides is 1. The van der Waals surface area contributed by atoms with Gasteiger partial charge in [0, 0.05) is 30.5 Å². The van der Waals surface area contributed by atoms with Crippen LogP contribution in [-0.2, 0) is 21.2 Å². The number of sulfonamides is 1. The SMILES string of the molecule is CCc1ccc(S(=O)(=O)N2CC[C@H](Oc3ccc(Cl)cc3)[C@@H](CC(N)=O)C2)cc1. The normalized spacial score (nSPS) is 20.3. The monoisotopic (exact) mass is 436 g/mol.